The van der Waals surface area contributed by atoms with Gasteiger partial charge in [-0.25, -0.2) is 0 Å². The van der Waals surface area contributed by atoms with Crippen molar-refractivity contribution in [2.24, 2.45) is 4.99 Å². The fourth-order valence-electron chi connectivity index (χ4n) is 2.83. The van der Waals surface area contributed by atoms with E-state index in [-0.39, 0.29) is 35.9 Å². The summed E-state index contributed by atoms with van der Waals surface area (Å²) in [6.45, 7) is 8.33. The number of rotatable bonds is 5. The van der Waals surface area contributed by atoms with Crippen molar-refractivity contribution in [3.63, 3.8) is 0 Å². The van der Waals surface area contributed by atoms with Gasteiger partial charge in [-0.05, 0) is 26.0 Å². The molecule has 1 aromatic rings. The van der Waals surface area contributed by atoms with Crippen LogP contribution in [0.15, 0.2) is 35.3 Å². The second-order valence-electron chi connectivity index (χ2n) is 6.26. The molecule has 1 aliphatic rings. The molecule has 2 N–H and O–H groups in total. The maximum absolute atomic E-state index is 11.7. The van der Waals surface area contributed by atoms with Gasteiger partial charge in [0.2, 0.25) is 5.91 Å². The first-order valence-corrected chi connectivity index (χ1v) is 8.65. The van der Waals surface area contributed by atoms with E-state index >= 15 is 0 Å². The second-order valence-corrected chi connectivity index (χ2v) is 6.26. The Labute approximate surface area is 168 Å². The van der Waals surface area contributed by atoms with Crippen molar-refractivity contribution in [2.45, 2.75) is 26.3 Å². The van der Waals surface area contributed by atoms with Crippen molar-refractivity contribution < 1.29 is 4.79 Å². The molecule has 0 aliphatic carbocycles. The van der Waals surface area contributed by atoms with Crippen LogP contribution in [0.1, 0.15) is 20.3 Å². The molecule has 1 heterocycles. The van der Waals surface area contributed by atoms with Crippen molar-refractivity contribution in [3.8, 4) is 0 Å². The van der Waals surface area contributed by atoms with Crippen molar-refractivity contribution in [1.82, 2.24) is 15.5 Å². The molecule has 1 aliphatic heterocycles. The number of guanidine groups is 1. The van der Waals surface area contributed by atoms with Gasteiger partial charge < -0.3 is 20.4 Å². The number of amides is 1. The zero-order chi connectivity index (χ0) is 17.4. The standard InChI is InChI=1S/C18H29N5O.HI/c1-15(2)21-17(24)9-10-20-18(19-3)23-13-11-22(12-14-23)16-7-5-4-6-8-16;/h4-8,15H,9-14H2,1-3H3,(H,19,20)(H,21,24);1H. The highest BCUT2D eigenvalue weighted by atomic mass is 127. The normalized spacial score (nSPS) is 15.0. The average Bonchev–Trinajstić information content (AvgIpc) is 2.59. The fourth-order valence-corrected chi connectivity index (χ4v) is 2.83. The maximum Gasteiger partial charge on any atom is 0.221 e. The number of nitrogens with zero attached hydrogens (tertiary/aromatic N) is 3. The monoisotopic (exact) mass is 459 g/mol. The van der Waals surface area contributed by atoms with Crippen LogP contribution in [0.3, 0.4) is 0 Å². The molecule has 0 aromatic heterocycles. The lowest BCUT2D eigenvalue weighted by molar-refractivity contribution is -0.121. The number of aliphatic imine (C=N–C) groups is 1. The highest BCUT2D eigenvalue weighted by molar-refractivity contribution is 14.0. The van der Waals surface area contributed by atoms with E-state index < -0.39 is 0 Å². The molecule has 6 nitrogen and oxygen atoms in total. The van der Waals surface area contributed by atoms with E-state index in [0.29, 0.717) is 13.0 Å². The van der Waals surface area contributed by atoms with Crippen LogP contribution in [0.5, 0.6) is 0 Å². The van der Waals surface area contributed by atoms with Gasteiger partial charge in [-0.2, -0.15) is 0 Å². The van der Waals surface area contributed by atoms with Gasteiger partial charge >= 0.3 is 0 Å². The average molecular weight is 459 g/mol. The van der Waals surface area contributed by atoms with Gasteiger partial charge in [0.1, 0.15) is 0 Å². The lowest BCUT2D eigenvalue weighted by Gasteiger charge is -2.37. The SMILES string of the molecule is CN=C(NCCC(=O)NC(C)C)N1CCN(c2ccccc2)CC1.I. The van der Waals surface area contributed by atoms with Crippen molar-refractivity contribution in [2.75, 3.05) is 44.7 Å². The predicted octanol–water partition coefficient (Wildman–Crippen LogP) is 1.92. The molecule has 0 radical (unpaired) electrons. The first-order chi connectivity index (χ1) is 11.6. The number of para-hydroxylation sites is 1. The Balaban J connectivity index is 0.00000312. The van der Waals surface area contributed by atoms with E-state index in [4.69, 9.17) is 0 Å². The first kappa shape index (κ1) is 21.5. The summed E-state index contributed by atoms with van der Waals surface area (Å²) in [5.74, 6) is 0.946. The van der Waals surface area contributed by atoms with Crippen LogP contribution in [0.4, 0.5) is 5.69 Å². The van der Waals surface area contributed by atoms with Gasteiger partial charge in [-0.1, -0.05) is 18.2 Å². The summed E-state index contributed by atoms with van der Waals surface area (Å²) in [5.41, 5.74) is 1.27. The number of carbonyl (C=O) groups is 1. The van der Waals surface area contributed by atoms with Crippen LogP contribution in [0.2, 0.25) is 0 Å². The highest BCUT2D eigenvalue weighted by Crippen LogP contribution is 2.15. The summed E-state index contributed by atoms with van der Waals surface area (Å²) in [6.07, 6.45) is 0.460. The minimum absolute atomic E-state index is 0. The van der Waals surface area contributed by atoms with Crippen LogP contribution in [-0.4, -0.2) is 62.6 Å². The molecule has 1 saturated heterocycles. The van der Waals surface area contributed by atoms with E-state index in [2.05, 4.69) is 49.7 Å². The fraction of sp³-hybridized carbons (Fsp3) is 0.556. The third-order valence-corrected chi connectivity index (χ3v) is 4.00. The Bertz CT molecular complexity index is 542. The molecule has 0 bridgehead atoms. The molecule has 140 valence electrons. The van der Waals surface area contributed by atoms with Gasteiger partial charge in [0.15, 0.2) is 5.96 Å². The lowest BCUT2D eigenvalue weighted by atomic mass is 10.2. The van der Waals surface area contributed by atoms with E-state index in [0.717, 1.165) is 32.1 Å². The minimum atomic E-state index is 0. The van der Waals surface area contributed by atoms with E-state index in [1.807, 2.05) is 19.9 Å². The molecule has 2 rings (SSSR count). The lowest BCUT2D eigenvalue weighted by Crippen LogP contribution is -2.53. The molecule has 0 atom stereocenters. The highest BCUT2D eigenvalue weighted by Gasteiger charge is 2.19. The molecular formula is C18H30IN5O. The zero-order valence-electron chi connectivity index (χ0n) is 15.4. The van der Waals surface area contributed by atoms with Gasteiger partial charge in [0.25, 0.3) is 0 Å². The number of halogens is 1. The Hall–Kier alpha value is -1.51. The third kappa shape index (κ3) is 7.09. The maximum atomic E-state index is 11.7. The van der Waals surface area contributed by atoms with Crippen LogP contribution in [0.25, 0.3) is 0 Å². The summed E-state index contributed by atoms with van der Waals surface area (Å²) >= 11 is 0. The number of anilines is 1. The summed E-state index contributed by atoms with van der Waals surface area (Å²) in [6, 6.07) is 10.7. The summed E-state index contributed by atoms with van der Waals surface area (Å²) in [4.78, 5) is 20.7. The molecule has 0 saturated carbocycles. The Kier molecular flexibility index (Phi) is 9.62. The number of hydrogen-bond acceptors (Lipinski definition) is 3. The van der Waals surface area contributed by atoms with Crippen LogP contribution >= 0.6 is 24.0 Å². The van der Waals surface area contributed by atoms with E-state index in [9.17, 15) is 4.79 Å². The summed E-state index contributed by atoms with van der Waals surface area (Å²) < 4.78 is 0. The van der Waals surface area contributed by atoms with Crippen molar-refractivity contribution >= 4 is 41.5 Å². The molecule has 7 heteroatoms. The first-order valence-electron chi connectivity index (χ1n) is 8.65. The van der Waals surface area contributed by atoms with E-state index in [1.165, 1.54) is 5.69 Å². The van der Waals surface area contributed by atoms with E-state index in [1.54, 1.807) is 7.05 Å². The van der Waals surface area contributed by atoms with Crippen molar-refractivity contribution in [3.05, 3.63) is 30.3 Å². The smallest absolute Gasteiger partial charge is 0.221 e. The largest absolute Gasteiger partial charge is 0.368 e. The minimum Gasteiger partial charge on any atom is -0.368 e. The number of hydrogen-bond donors (Lipinski definition) is 2. The van der Waals surface area contributed by atoms with Gasteiger partial charge in [0.05, 0.1) is 0 Å². The topological polar surface area (TPSA) is 60.0 Å². The number of piperazine rings is 1. The van der Waals surface area contributed by atoms with Gasteiger partial charge in [-0.15, -0.1) is 24.0 Å². The predicted molar refractivity (Wildman–Crippen MR) is 115 cm³/mol. The van der Waals surface area contributed by atoms with Crippen molar-refractivity contribution in [1.29, 1.82) is 0 Å². The molecule has 1 aromatic carbocycles. The number of carbonyl (C=O) groups excluding carboxylic acids is 1. The van der Waals surface area contributed by atoms with Gasteiger partial charge in [-0.3, -0.25) is 9.79 Å². The Morgan fingerprint density at radius 1 is 1.16 bits per heavy atom. The van der Waals surface area contributed by atoms with Crippen LogP contribution in [-0.2, 0) is 4.79 Å². The summed E-state index contributed by atoms with van der Waals surface area (Å²) in [7, 11) is 1.79. The number of nitrogens with one attached hydrogen (secondary N) is 2. The second kappa shape index (κ2) is 11.2. The molecule has 0 unspecified atom stereocenters. The molecule has 0 spiro atoms. The molecular weight excluding hydrogens is 429 g/mol. The molecule has 1 fully saturated rings. The Morgan fingerprint density at radius 3 is 2.36 bits per heavy atom. The molecule has 25 heavy (non-hydrogen) atoms. The quantitative estimate of drug-likeness (QED) is 0.402. The van der Waals surface area contributed by atoms with Crippen LogP contribution in [0, 0.1) is 0 Å². The third-order valence-electron chi connectivity index (χ3n) is 4.00. The zero-order valence-corrected chi connectivity index (χ0v) is 17.7. The van der Waals surface area contributed by atoms with Gasteiger partial charge in [0, 0.05) is 57.9 Å². The van der Waals surface area contributed by atoms with Crippen LogP contribution < -0.4 is 15.5 Å². The number of benzene rings is 1. The molecule has 1 amide bonds. The Morgan fingerprint density at radius 2 is 1.80 bits per heavy atom. The summed E-state index contributed by atoms with van der Waals surface area (Å²) in [5, 5.41) is 6.19.